The van der Waals surface area contributed by atoms with Crippen molar-refractivity contribution in [3.8, 4) is 0 Å². The molecule has 1 aliphatic heterocycles. The summed E-state index contributed by atoms with van der Waals surface area (Å²) >= 11 is 9.21. The summed E-state index contributed by atoms with van der Waals surface area (Å²) in [6.07, 6.45) is 0. The third-order valence-electron chi connectivity index (χ3n) is 2.41. The average Bonchev–Trinajstić information content (AvgIpc) is 2.35. The van der Waals surface area contributed by atoms with Gasteiger partial charge in [-0.1, -0.05) is 11.6 Å². The fourth-order valence-electron chi connectivity index (χ4n) is 1.58. The van der Waals surface area contributed by atoms with Crippen molar-refractivity contribution in [1.82, 2.24) is 0 Å². The zero-order valence-corrected chi connectivity index (χ0v) is 10.9. The molecule has 0 radical (unpaired) electrons. The van der Waals surface area contributed by atoms with Crippen LogP contribution in [0.3, 0.4) is 0 Å². The van der Waals surface area contributed by atoms with Crippen molar-refractivity contribution in [3.63, 3.8) is 0 Å². The highest BCUT2D eigenvalue weighted by molar-refractivity contribution is 9.10. The minimum Gasteiger partial charge on any atom is -0.397 e. The maximum atomic E-state index is 11.6. The van der Waals surface area contributed by atoms with Crippen LogP contribution in [0.4, 0.5) is 11.4 Å². The molecule has 0 spiro atoms. The number of nitrogens with zero attached hydrogens (tertiary/aromatic N) is 1. The van der Waals surface area contributed by atoms with Crippen LogP contribution in [0.25, 0.3) is 0 Å². The number of rotatable bonds is 0. The molecule has 82 valence electrons. The molecule has 0 aliphatic carbocycles. The minimum absolute atomic E-state index is 0.0934. The molecule has 0 saturated heterocycles. The van der Waals surface area contributed by atoms with Gasteiger partial charge in [0, 0.05) is 17.1 Å². The van der Waals surface area contributed by atoms with Gasteiger partial charge in [0.15, 0.2) is 0 Å². The molecular formula is C8H8BrClN2O2S. The molecule has 15 heavy (non-hydrogen) atoms. The molecular weight excluding hydrogens is 304 g/mol. The van der Waals surface area contributed by atoms with Gasteiger partial charge in [0.05, 0.1) is 22.2 Å². The Hall–Kier alpha value is -0.460. The van der Waals surface area contributed by atoms with E-state index in [9.17, 15) is 8.42 Å². The van der Waals surface area contributed by atoms with Crippen LogP contribution in [0.1, 0.15) is 5.56 Å². The van der Waals surface area contributed by atoms with E-state index in [0.29, 0.717) is 26.4 Å². The monoisotopic (exact) mass is 310 g/mol. The summed E-state index contributed by atoms with van der Waals surface area (Å²) in [4.78, 5) is 0. The molecule has 1 heterocycles. The summed E-state index contributed by atoms with van der Waals surface area (Å²) in [5.41, 5.74) is 7.27. The van der Waals surface area contributed by atoms with Gasteiger partial charge >= 0.3 is 0 Å². The van der Waals surface area contributed by atoms with Crippen molar-refractivity contribution in [2.45, 2.75) is 5.75 Å². The smallest absolute Gasteiger partial charge is 0.239 e. The Balaban J connectivity index is 2.80. The van der Waals surface area contributed by atoms with Crippen LogP contribution >= 0.6 is 27.5 Å². The molecule has 0 aromatic heterocycles. The fraction of sp³-hybridized carbons (Fsp3) is 0.250. The molecule has 2 rings (SSSR count). The number of benzene rings is 1. The van der Waals surface area contributed by atoms with Gasteiger partial charge in [-0.2, -0.15) is 0 Å². The van der Waals surface area contributed by atoms with Gasteiger partial charge in [-0.25, -0.2) is 8.42 Å². The van der Waals surface area contributed by atoms with Crippen LogP contribution in [-0.2, 0) is 15.8 Å². The third-order valence-corrected chi connectivity index (χ3v) is 5.02. The molecule has 0 amide bonds. The summed E-state index contributed by atoms with van der Waals surface area (Å²) in [5, 5.41) is 0.384. The molecule has 0 unspecified atom stereocenters. The normalized spacial score (nSPS) is 17.9. The lowest BCUT2D eigenvalue weighted by atomic mass is 10.1. The first-order valence-electron chi connectivity index (χ1n) is 4.07. The summed E-state index contributed by atoms with van der Waals surface area (Å²) in [5.74, 6) is -0.0934. The van der Waals surface area contributed by atoms with Crippen LogP contribution in [0.5, 0.6) is 0 Å². The molecule has 0 atom stereocenters. The summed E-state index contributed by atoms with van der Waals surface area (Å²) in [6, 6.07) is 1.60. The molecule has 0 fully saturated rings. The maximum Gasteiger partial charge on any atom is 0.239 e. The molecule has 7 heteroatoms. The van der Waals surface area contributed by atoms with Gasteiger partial charge in [0.2, 0.25) is 10.0 Å². The number of sulfonamides is 1. The zero-order chi connectivity index (χ0) is 11.4. The van der Waals surface area contributed by atoms with E-state index in [4.69, 9.17) is 17.3 Å². The lowest BCUT2D eigenvalue weighted by Gasteiger charge is -2.13. The highest BCUT2D eigenvalue weighted by Crippen LogP contribution is 2.44. The number of fused-ring (bicyclic) bond motifs is 1. The number of nitrogen functional groups attached to an aromatic ring is 1. The standard InChI is InChI=1S/C8H8BrClN2O2S/c1-12-8-4(3-15(12,13)14)7(11)5(9)2-6(8)10/h2H,3,11H2,1H3. The molecule has 1 aromatic carbocycles. The van der Waals surface area contributed by atoms with E-state index in [1.165, 1.54) is 11.4 Å². The van der Waals surface area contributed by atoms with Crippen LogP contribution in [-0.4, -0.2) is 15.5 Å². The first-order chi connectivity index (χ1) is 6.84. The van der Waals surface area contributed by atoms with Gasteiger partial charge in [0.25, 0.3) is 0 Å². The van der Waals surface area contributed by atoms with E-state index in [1.807, 2.05) is 0 Å². The predicted octanol–water partition coefficient (Wildman–Crippen LogP) is 1.96. The lowest BCUT2D eigenvalue weighted by Crippen LogP contribution is -2.21. The summed E-state index contributed by atoms with van der Waals surface area (Å²) in [7, 11) is -1.83. The van der Waals surface area contributed by atoms with Gasteiger partial charge < -0.3 is 5.73 Å². The van der Waals surface area contributed by atoms with Gasteiger partial charge in [-0.05, 0) is 22.0 Å². The molecule has 0 saturated carbocycles. The molecule has 4 nitrogen and oxygen atoms in total. The molecule has 1 aromatic rings. The Kier molecular flexibility index (Phi) is 2.40. The van der Waals surface area contributed by atoms with Crippen molar-refractivity contribution in [2.24, 2.45) is 0 Å². The van der Waals surface area contributed by atoms with Crippen molar-refractivity contribution in [3.05, 3.63) is 21.1 Å². The Morgan fingerprint density at radius 1 is 1.60 bits per heavy atom. The van der Waals surface area contributed by atoms with Gasteiger partial charge in [0.1, 0.15) is 0 Å². The predicted molar refractivity (Wildman–Crippen MR) is 64.6 cm³/mol. The Morgan fingerprint density at radius 2 is 2.20 bits per heavy atom. The number of hydrogen-bond acceptors (Lipinski definition) is 3. The Labute approximate surface area is 101 Å². The molecule has 1 aliphatic rings. The number of halogens is 2. The Bertz CT molecular complexity index is 544. The van der Waals surface area contributed by atoms with Crippen LogP contribution in [0, 0.1) is 0 Å². The first-order valence-corrected chi connectivity index (χ1v) is 6.85. The number of anilines is 2. The van der Waals surface area contributed by atoms with E-state index in [1.54, 1.807) is 6.07 Å². The second-order valence-electron chi connectivity index (χ2n) is 3.30. The maximum absolute atomic E-state index is 11.6. The SMILES string of the molecule is CN1c2c(Cl)cc(Br)c(N)c2CS1(=O)=O. The molecule has 0 bridgehead atoms. The van der Waals surface area contributed by atoms with E-state index in [0.717, 1.165) is 0 Å². The first kappa shape index (κ1) is 11.0. The van der Waals surface area contributed by atoms with E-state index >= 15 is 0 Å². The zero-order valence-electron chi connectivity index (χ0n) is 7.79. The van der Waals surface area contributed by atoms with Crippen molar-refractivity contribution < 1.29 is 8.42 Å². The molecule has 2 N–H and O–H groups in total. The van der Waals surface area contributed by atoms with Crippen molar-refractivity contribution >= 4 is 48.9 Å². The second kappa shape index (κ2) is 3.26. The van der Waals surface area contributed by atoms with E-state index < -0.39 is 10.0 Å². The minimum atomic E-state index is -3.30. The summed E-state index contributed by atoms with van der Waals surface area (Å²) < 4.78 is 25.1. The third kappa shape index (κ3) is 1.51. The quantitative estimate of drug-likeness (QED) is 0.745. The average molecular weight is 312 g/mol. The van der Waals surface area contributed by atoms with E-state index in [2.05, 4.69) is 15.9 Å². The Morgan fingerprint density at radius 3 is 2.80 bits per heavy atom. The van der Waals surface area contributed by atoms with Crippen molar-refractivity contribution in [1.29, 1.82) is 0 Å². The van der Waals surface area contributed by atoms with Crippen LogP contribution < -0.4 is 10.0 Å². The van der Waals surface area contributed by atoms with Crippen LogP contribution in [0.15, 0.2) is 10.5 Å². The second-order valence-corrected chi connectivity index (χ2v) is 6.57. The van der Waals surface area contributed by atoms with Crippen molar-refractivity contribution in [2.75, 3.05) is 17.1 Å². The fourth-order valence-corrected chi connectivity index (χ4v) is 3.92. The largest absolute Gasteiger partial charge is 0.397 e. The number of nitrogens with two attached hydrogens (primary N) is 1. The van der Waals surface area contributed by atoms with Crippen LogP contribution in [0.2, 0.25) is 5.02 Å². The van der Waals surface area contributed by atoms with Gasteiger partial charge in [-0.15, -0.1) is 0 Å². The highest BCUT2D eigenvalue weighted by Gasteiger charge is 2.34. The number of hydrogen-bond donors (Lipinski definition) is 1. The topological polar surface area (TPSA) is 63.4 Å². The van der Waals surface area contributed by atoms with Gasteiger partial charge in [-0.3, -0.25) is 4.31 Å². The lowest BCUT2D eigenvalue weighted by molar-refractivity contribution is 0.596. The van der Waals surface area contributed by atoms with E-state index in [-0.39, 0.29) is 5.75 Å². The highest BCUT2D eigenvalue weighted by atomic mass is 79.9. The summed E-state index contributed by atoms with van der Waals surface area (Å²) in [6.45, 7) is 0.